The summed E-state index contributed by atoms with van der Waals surface area (Å²) in [5.41, 5.74) is 1.07. The molecule has 0 unspecified atom stereocenters. The van der Waals surface area contributed by atoms with E-state index in [2.05, 4.69) is 15.1 Å². The number of hydrogen-bond donors (Lipinski definition) is 2. The number of aliphatic hydroxyl groups excluding tert-OH is 1. The van der Waals surface area contributed by atoms with Crippen LogP contribution in [0.4, 0.5) is 0 Å². The van der Waals surface area contributed by atoms with Crippen molar-refractivity contribution in [2.75, 3.05) is 39.3 Å². The van der Waals surface area contributed by atoms with Gasteiger partial charge in [0.25, 0.3) is 0 Å². The molecule has 24 heavy (non-hydrogen) atoms. The lowest BCUT2D eigenvalue weighted by Crippen LogP contribution is -2.35. The predicted octanol–water partition coefficient (Wildman–Crippen LogP) is 1.29. The molecule has 0 bridgehead atoms. The summed E-state index contributed by atoms with van der Waals surface area (Å²) < 4.78 is 0. The van der Waals surface area contributed by atoms with Crippen molar-refractivity contribution in [2.24, 2.45) is 11.8 Å². The highest BCUT2D eigenvalue weighted by molar-refractivity contribution is 5.76. The molecule has 0 saturated carbocycles. The number of aromatic nitrogens is 2. The Morgan fingerprint density at radius 2 is 1.96 bits per heavy atom. The number of carbonyl (C=O) groups excluding carboxylic acids is 1. The number of aromatic amines is 1. The molecule has 6 heteroatoms. The first kappa shape index (κ1) is 17.4. The predicted molar refractivity (Wildman–Crippen MR) is 92.5 cm³/mol. The summed E-state index contributed by atoms with van der Waals surface area (Å²) in [4.78, 5) is 17.0. The highest BCUT2D eigenvalue weighted by Crippen LogP contribution is 2.26. The third-order valence-corrected chi connectivity index (χ3v) is 5.54. The van der Waals surface area contributed by atoms with Crippen LogP contribution < -0.4 is 0 Å². The number of H-pyrrole nitrogens is 1. The second-order valence-electron chi connectivity index (χ2n) is 7.32. The molecular weight excluding hydrogens is 304 g/mol. The standard InChI is InChI=1S/C18H30N4O2/c23-14-17-13-22(18(24)6-5-15-9-19-20-10-15)12-16(17)11-21-7-3-1-2-4-8-21/h9-10,16-17,23H,1-8,11-14H2,(H,19,20)/t16-,17-/m0/s1. The second-order valence-corrected chi connectivity index (χ2v) is 7.32. The number of nitrogens with zero attached hydrogens (tertiary/aromatic N) is 3. The normalized spacial score (nSPS) is 25.8. The molecule has 2 saturated heterocycles. The van der Waals surface area contributed by atoms with E-state index in [4.69, 9.17) is 0 Å². The average molecular weight is 334 g/mol. The van der Waals surface area contributed by atoms with E-state index in [0.717, 1.165) is 25.1 Å². The molecule has 2 atom stereocenters. The summed E-state index contributed by atoms with van der Waals surface area (Å²) >= 11 is 0. The minimum absolute atomic E-state index is 0.185. The Balaban J connectivity index is 1.50. The zero-order chi connectivity index (χ0) is 16.8. The number of carbonyl (C=O) groups is 1. The number of aryl methyl sites for hydroxylation is 1. The van der Waals surface area contributed by atoms with Gasteiger partial charge >= 0.3 is 0 Å². The molecule has 2 N–H and O–H groups in total. The van der Waals surface area contributed by atoms with Crippen LogP contribution in [0.25, 0.3) is 0 Å². The molecular formula is C18H30N4O2. The van der Waals surface area contributed by atoms with Crippen LogP contribution in [0.5, 0.6) is 0 Å². The maximum absolute atomic E-state index is 12.5. The van der Waals surface area contributed by atoms with Crippen molar-refractivity contribution in [3.05, 3.63) is 18.0 Å². The minimum Gasteiger partial charge on any atom is -0.396 e. The van der Waals surface area contributed by atoms with E-state index >= 15 is 0 Å². The molecule has 0 aliphatic carbocycles. The van der Waals surface area contributed by atoms with Crippen molar-refractivity contribution in [1.29, 1.82) is 0 Å². The Morgan fingerprint density at radius 3 is 2.62 bits per heavy atom. The van der Waals surface area contributed by atoms with Crippen molar-refractivity contribution >= 4 is 5.91 Å². The molecule has 2 fully saturated rings. The fourth-order valence-corrected chi connectivity index (χ4v) is 4.03. The number of nitrogens with one attached hydrogen (secondary N) is 1. The van der Waals surface area contributed by atoms with E-state index in [0.29, 0.717) is 18.9 Å². The third-order valence-electron chi connectivity index (χ3n) is 5.54. The lowest BCUT2D eigenvalue weighted by atomic mass is 9.96. The van der Waals surface area contributed by atoms with Gasteiger partial charge in [-0.3, -0.25) is 9.89 Å². The van der Waals surface area contributed by atoms with Gasteiger partial charge in [0.1, 0.15) is 0 Å². The van der Waals surface area contributed by atoms with Crippen molar-refractivity contribution < 1.29 is 9.90 Å². The zero-order valence-electron chi connectivity index (χ0n) is 14.5. The smallest absolute Gasteiger partial charge is 0.222 e. The van der Waals surface area contributed by atoms with Crippen LogP contribution in [0.3, 0.4) is 0 Å². The zero-order valence-corrected chi connectivity index (χ0v) is 14.5. The highest BCUT2D eigenvalue weighted by atomic mass is 16.3. The third kappa shape index (κ3) is 4.57. The fourth-order valence-electron chi connectivity index (χ4n) is 4.03. The quantitative estimate of drug-likeness (QED) is 0.822. The topological polar surface area (TPSA) is 72.5 Å². The number of hydrogen-bond acceptors (Lipinski definition) is 4. The Kier molecular flexibility index (Phi) is 6.26. The maximum atomic E-state index is 12.5. The van der Waals surface area contributed by atoms with Crippen LogP contribution >= 0.6 is 0 Å². The van der Waals surface area contributed by atoms with E-state index in [1.807, 2.05) is 11.1 Å². The highest BCUT2D eigenvalue weighted by Gasteiger charge is 2.35. The van der Waals surface area contributed by atoms with Gasteiger partial charge in [-0.15, -0.1) is 0 Å². The Morgan fingerprint density at radius 1 is 1.21 bits per heavy atom. The SMILES string of the molecule is O=C(CCc1cn[nH]c1)N1C[C@@H](CO)[C@@H](CN2CCCCCC2)C1. The second kappa shape index (κ2) is 8.62. The van der Waals surface area contributed by atoms with Crippen LogP contribution in [0.15, 0.2) is 12.4 Å². The number of rotatable bonds is 6. The molecule has 1 aromatic heterocycles. The first-order valence-corrected chi connectivity index (χ1v) is 9.35. The molecule has 1 amide bonds. The van der Waals surface area contributed by atoms with Gasteiger partial charge in [0, 0.05) is 44.8 Å². The van der Waals surface area contributed by atoms with Crippen LogP contribution in [-0.4, -0.2) is 70.3 Å². The van der Waals surface area contributed by atoms with E-state index in [1.54, 1.807) is 6.20 Å². The van der Waals surface area contributed by atoms with Gasteiger partial charge in [0.2, 0.25) is 5.91 Å². The lowest BCUT2D eigenvalue weighted by molar-refractivity contribution is -0.130. The van der Waals surface area contributed by atoms with Crippen LogP contribution in [0.2, 0.25) is 0 Å². The van der Waals surface area contributed by atoms with E-state index in [9.17, 15) is 9.90 Å². The van der Waals surface area contributed by atoms with Crippen molar-refractivity contribution in [3.63, 3.8) is 0 Å². The summed E-state index contributed by atoms with van der Waals surface area (Å²) in [7, 11) is 0. The Labute approximate surface area is 144 Å². The lowest BCUT2D eigenvalue weighted by Gasteiger charge is -2.26. The summed E-state index contributed by atoms with van der Waals surface area (Å²) in [5.74, 6) is 0.838. The van der Waals surface area contributed by atoms with Crippen LogP contribution in [-0.2, 0) is 11.2 Å². The fraction of sp³-hybridized carbons (Fsp3) is 0.778. The number of amides is 1. The first-order chi connectivity index (χ1) is 11.8. The van der Waals surface area contributed by atoms with E-state index in [1.165, 1.54) is 38.8 Å². The molecule has 0 spiro atoms. The average Bonchev–Trinajstić information content (AvgIpc) is 3.18. The van der Waals surface area contributed by atoms with E-state index < -0.39 is 0 Å². The van der Waals surface area contributed by atoms with Crippen molar-refractivity contribution in [1.82, 2.24) is 20.0 Å². The Bertz CT molecular complexity index is 497. The first-order valence-electron chi connectivity index (χ1n) is 9.35. The van der Waals surface area contributed by atoms with Crippen LogP contribution in [0.1, 0.15) is 37.7 Å². The largest absolute Gasteiger partial charge is 0.396 e. The number of aliphatic hydroxyl groups is 1. The van der Waals surface area contributed by atoms with Gasteiger partial charge < -0.3 is 14.9 Å². The van der Waals surface area contributed by atoms with Crippen LogP contribution in [0, 0.1) is 11.8 Å². The summed E-state index contributed by atoms with van der Waals surface area (Å²) in [5, 5.41) is 16.4. The van der Waals surface area contributed by atoms with Gasteiger partial charge in [-0.25, -0.2) is 0 Å². The molecule has 6 nitrogen and oxygen atoms in total. The van der Waals surface area contributed by atoms with Gasteiger partial charge in [-0.1, -0.05) is 12.8 Å². The molecule has 2 aliphatic heterocycles. The molecule has 0 radical (unpaired) electrons. The molecule has 3 heterocycles. The van der Waals surface area contributed by atoms with Crippen molar-refractivity contribution in [2.45, 2.75) is 38.5 Å². The van der Waals surface area contributed by atoms with Gasteiger partial charge in [-0.05, 0) is 43.8 Å². The maximum Gasteiger partial charge on any atom is 0.222 e. The van der Waals surface area contributed by atoms with Gasteiger partial charge in [-0.2, -0.15) is 5.10 Å². The molecule has 134 valence electrons. The monoisotopic (exact) mass is 334 g/mol. The van der Waals surface area contributed by atoms with Gasteiger partial charge in [0.05, 0.1) is 6.20 Å². The Hall–Kier alpha value is -1.40. The number of likely N-dealkylation sites (tertiary alicyclic amines) is 2. The summed E-state index contributed by atoms with van der Waals surface area (Å²) in [6.07, 6.45) is 10.1. The van der Waals surface area contributed by atoms with Crippen molar-refractivity contribution in [3.8, 4) is 0 Å². The van der Waals surface area contributed by atoms with Gasteiger partial charge in [0.15, 0.2) is 0 Å². The van der Waals surface area contributed by atoms with E-state index in [-0.39, 0.29) is 18.4 Å². The molecule has 3 rings (SSSR count). The molecule has 0 aromatic carbocycles. The molecule has 1 aromatic rings. The summed E-state index contributed by atoms with van der Waals surface area (Å²) in [6.45, 7) is 5.05. The molecule has 2 aliphatic rings. The minimum atomic E-state index is 0.185. The summed E-state index contributed by atoms with van der Waals surface area (Å²) in [6, 6.07) is 0.